The highest BCUT2D eigenvalue weighted by atomic mass is 16.6. The van der Waals surface area contributed by atoms with Crippen molar-refractivity contribution in [3.8, 4) is 5.75 Å². The minimum Gasteiger partial charge on any atom is -0.497 e. The highest BCUT2D eigenvalue weighted by Crippen LogP contribution is 2.17. The summed E-state index contributed by atoms with van der Waals surface area (Å²) < 4.78 is 14.8. The van der Waals surface area contributed by atoms with Gasteiger partial charge in [0.2, 0.25) is 0 Å². The van der Waals surface area contributed by atoms with Crippen LogP contribution in [0.1, 0.15) is 12.0 Å². The van der Waals surface area contributed by atoms with Crippen LogP contribution in [0.4, 0.5) is 0 Å². The van der Waals surface area contributed by atoms with Gasteiger partial charge >= 0.3 is 11.9 Å². The maximum absolute atomic E-state index is 11.6. The molecule has 1 unspecified atom stereocenters. The molecule has 1 aromatic carbocycles. The molecule has 1 aliphatic heterocycles. The van der Waals surface area contributed by atoms with Gasteiger partial charge in [0.15, 0.2) is 5.92 Å². The zero-order valence-electron chi connectivity index (χ0n) is 10.0. The molecule has 0 bridgehead atoms. The van der Waals surface area contributed by atoms with Crippen LogP contribution in [-0.4, -0.2) is 25.7 Å². The van der Waals surface area contributed by atoms with Crippen molar-refractivity contribution in [1.29, 1.82) is 0 Å². The molecule has 96 valence electrons. The van der Waals surface area contributed by atoms with Crippen LogP contribution in [0.25, 0.3) is 0 Å². The van der Waals surface area contributed by atoms with Crippen molar-refractivity contribution in [2.45, 2.75) is 13.0 Å². The first-order valence-electron chi connectivity index (χ1n) is 5.67. The number of ether oxygens (including phenoxy) is 3. The molecule has 1 heterocycles. The number of methoxy groups -OCH3 is 1. The predicted molar refractivity (Wildman–Crippen MR) is 61.9 cm³/mol. The number of carbonyl (C=O) groups excluding carboxylic acids is 2. The first kappa shape index (κ1) is 12.4. The quantitative estimate of drug-likeness (QED) is 0.595. The Labute approximate surface area is 105 Å². The lowest BCUT2D eigenvalue weighted by molar-refractivity contribution is -0.156. The lowest BCUT2D eigenvalue weighted by Gasteiger charge is -2.07. The lowest BCUT2D eigenvalue weighted by atomic mass is 10.1. The molecule has 0 saturated carbocycles. The average molecular weight is 250 g/mol. The van der Waals surface area contributed by atoms with Gasteiger partial charge in [0.05, 0.1) is 13.7 Å². The molecule has 1 aromatic rings. The molecule has 1 fully saturated rings. The van der Waals surface area contributed by atoms with E-state index in [9.17, 15) is 9.59 Å². The minimum atomic E-state index is -0.761. The van der Waals surface area contributed by atoms with Crippen molar-refractivity contribution in [2.75, 3.05) is 13.7 Å². The minimum absolute atomic E-state index is 0.145. The summed E-state index contributed by atoms with van der Waals surface area (Å²) in [6.45, 7) is 0.438. The molecular weight excluding hydrogens is 236 g/mol. The highest BCUT2D eigenvalue weighted by molar-refractivity contribution is 5.95. The van der Waals surface area contributed by atoms with Gasteiger partial charge in [0.25, 0.3) is 0 Å². The number of rotatable bonds is 4. The molecule has 0 aliphatic carbocycles. The van der Waals surface area contributed by atoms with E-state index in [2.05, 4.69) is 0 Å². The summed E-state index contributed by atoms with van der Waals surface area (Å²) >= 11 is 0. The zero-order valence-corrected chi connectivity index (χ0v) is 10.0. The number of hydrogen-bond acceptors (Lipinski definition) is 5. The number of carbonyl (C=O) groups is 2. The molecule has 0 spiro atoms. The van der Waals surface area contributed by atoms with E-state index in [0.29, 0.717) is 13.0 Å². The van der Waals surface area contributed by atoms with E-state index >= 15 is 0 Å². The van der Waals surface area contributed by atoms with E-state index in [1.54, 1.807) is 31.4 Å². The van der Waals surface area contributed by atoms with Crippen LogP contribution < -0.4 is 4.74 Å². The Morgan fingerprint density at radius 1 is 1.39 bits per heavy atom. The largest absolute Gasteiger partial charge is 0.497 e. The normalized spacial score (nSPS) is 18.3. The molecule has 5 nitrogen and oxygen atoms in total. The fourth-order valence-electron chi connectivity index (χ4n) is 1.69. The van der Waals surface area contributed by atoms with Gasteiger partial charge in [-0.05, 0) is 17.7 Å². The van der Waals surface area contributed by atoms with Gasteiger partial charge in [0, 0.05) is 6.42 Å². The Bertz CT molecular complexity index is 437. The smallest absolute Gasteiger partial charge is 0.320 e. The Kier molecular flexibility index (Phi) is 3.82. The predicted octanol–water partition coefficient (Wildman–Crippen LogP) is 1.30. The van der Waals surface area contributed by atoms with Crippen LogP contribution in [0.3, 0.4) is 0 Å². The molecule has 0 radical (unpaired) electrons. The van der Waals surface area contributed by atoms with E-state index < -0.39 is 17.9 Å². The summed E-state index contributed by atoms with van der Waals surface area (Å²) in [6, 6.07) is 7.18. The fourth-order valence-corrected chi connectivity index (χ4v) is 1.69. The third-order valence-corrected chi connectivity index (χ3v) is 2.76. The second-order valence-electron chi connectivity index (χ2n) is 3.96. The molecular formula is C13H14O5. The van der Waals surface area contributed by atoms with Crippen molar-refractivity contribution in [2.24, 2.45) is 5.92 Å². The summed E-state index contributed by atoms with van der Waals surface area (Å²) in [5.41, 5.74) is 0.843. The number of benzene rings is 1. The van der Waals surface area contributed by atoms with Crippen LogP contribution in [0.2, 0.25) is 0 Å². The molecule has 1 saturated heterocycles. The van der Waals surface area contributed by atoms with E-state index in [1.165, 1.54) is 0 Å². The highest BCUT2D eigenvalue weighted by Gasteiger charge is 2.34. The fraction of sp³-hybridized carbons (Fsp3) is 0.385. The maximum Gasteiger partial charge on any atom is 0.320 e. The topological polar surface area (TPSA) is 61.8 Å². The standard InChI is InChI=1S/C13H14O5/c1-16-10-4-2-9(3-5-10)8-18-13(15)11-6-7-17-12(11)14/h2-5,11H,6-8H2,1H3. The average Bonchev–Trinajstić information content (AvgIpc) is 2.83. The third kappa shape index (κ3) is 2.80. The van der Waals surface area contributed by atoms with Crippen LogP contribution in [0, 0.1) is 5.92 Å². The Morgan fingerprint density at radius 2 is 2.11 bits per heavy atom. The molecule has 2 rings (SSSR count). The zero-order chi connectivity index (χ0) is 13.0. The second-order valence-corrected chi connectivity index (χ2v) is 3.96. The van der Waals surface area contributed by atoms with Crippen molar-refractivity contribution >= 4 is 11.9 Å². The summed E-state index contributed by atoms with van der Waals surface area (Å²) in [7, 11) is 1.58. The van der Waals surface area contributed by atoms with E-state index in [4.69, 9.17) is 14.2 Å². The summed E-state index contributed by atoms with van der Waals surface area (Å²) in [5, 5.41) is 0. The van der Waals surface area contributed by atoms with Crippen molar-refractivity contribution in [3.05, 3.63) is 29.8 Å². The van der Waals surface area contributed by atoms with Crippen molar-refractivity contribution < 1.29 is 23.8 Å². The number of esters is 2. The second kappa shape index (κ2) is 5.53. The van der Waals surface area contributed by atoms with Crippen molar-refractivity contribution in [3.63, 3.8) is 0 Å². The van der Waals surface area contributed by atoms with Crippen molar-refractivity contribution in [1.82, 2.24) is 0 Å². The lowest BCUT2D eigenvalue weighted by Crippen LogP contribution is -2.21. The third-order valence-electron chi connectivity index (χ3n) is 2.76. The Balaban J connectivity index is 1.86. The number of hydrogen-bond donors (Lipinski definition) is 0. The summed E-state index contributed by atoms with van der Waals surface area (Å²) in [5.74, 6) is -1.03. The van der Waals surface area contributed by atoms with Gasteiger partial charge in [-0.2, -0.15) is 0 Å². The van der Waals surface area contributed by atoms with Gasteiger partial charge in [-0.15, -0.1) is 0 Å². The SMILES string of the molecule is COc1ccc(COC(=O)C2CCOC2=O)cc1. The van der Waals surface area contributed by atoms with Crippen LogP contribution >= 0.6 is 0 Å². The molecule has 5 heteroatoms. The molecule has 0 amide bonds. The monoisotopic (exact) mass is 250 g/mol. The van der Waals surface area contributed by atoms with Gasteiger partial charge in [-0.1, -0.05) is 12.1 Å². The molecule has 18 heavy (non-hydrogen) atoms. The first-order chi connectivity index (χ1) is 8.70. The molecule has 0 N–H and O–H groups in total. The molecule has 0 aromatic heterocycles. The van der Waals surface area contributed by atoms with E-state index in [0.717, 1.165) is 11.3 Å². The Hall–Kier alpha value is -2.04. The van der Waals surface area contributed by atoms with Gasteiger partial charge < -0.3 is 14.2 Å². The van der Waals surface area contributed by atoms with E-state index in [1.807, 2.05) is 0 Å². The summed E-state index contributed by atoms with van der Waals surface area (Å²) in [6.07, 6.45) is 0.403. The Morgan fingerprint density at radius 3 is 2.67 bits per heavy atom. The number of cyclic esters (lactones) is 1. The van der Waals surface area contributed by atoms with Crippen LogP contribution in [0.15, 0.2) is 24.3 Å². The molecule has 1 aliphatic rings. The first-order valence-corrected chi connectivity index (χ1v) is 5.67. The van der Waals surface area contributed by atoms with Gasteiger partial charge in [-0.3, -0.25) is 9.59 Å². The summed E-state index contributed by atoms with van der Waals surface area (Å²) in [4.78, 5) is 22.8. The van der Waals surface area contributed by atoms with Gasteiger partial charge in [0.1, 0.15) is 12.4 Å². The maximum atomic E-state index is 11.6. The van der Waals surface area contributed by atoms with Gasteiger partial charge in [-0.25, -0.2) is 0 Å². The van der Waals surface area contributed by atoms with Crippen LogP contribution in [0.5, 0.6) is 5.75 Å². The van der Waals surface area contributed by atoms with E-state index in [-0.39, 0.29) is 6.61 Å². The van der Waals surface area contributed by atoms with Crippen LogP contribution in [-0.2, 0) is 25.7 Å². The molecule has 1 atom stereocenters.